The van der Waals surface area contributed by atoms with Crippen molar-refractivity contribution in [2.75, 3.05) is 19.6 Å². The molecule has 1 saturated carbocycles. The first-order chi connectivity index (χ1) is 15.3. The second kappa shape index (κ2) is 9.51. The van der Waals surface area contributed by atoms with Gasteiger partial charge in [0, 0.05) is 31.6 Å². The summed E-state index contributed by atoms with van der Waals surface area (Å²) in [6, 6.07) is 5.81. The molecule has 2 fully saturated rings. The van der Waals surface area contributed by atoms with Crippen LogP contribution < -0.4 is 5.32 Å². The number of nitrogens with one attached hydrogen (secondary N) is 1. The average molecular weight is 461 g/mol. The molecular weight excluding hydrogens is 424 g/mol. The monoisotopic (exact) mass is 460 g/mol. The topological polar surface area (TPSA) is 84.3 Å². The van der Waals surface area contributed by atoms with Gasteiger partial charge in [-0.3, -0.25) is 4.79 Å². The molecule has 1 aromatic heterocycles. The first kappa shape index (κ1) is 23.2. The maximum Gasteiger partial charge on any atom is 0.243 e. The van der Waals surface area contributed by atoms with Crippen LogP contribution in [0.4, 0.5) is 0 Å². The first-order valence-electron chi connectivity index (χ1n) is 12.0. The number of hydrogen-bond acceptors (Lipinski definition) is 4. The fourth-order valence-electron chi connectivity index (χ4n) is 5.12. The molecule has 0 unspecified atom stereocenters. The van der Waals surface area contributed by atoms with Crippen molar-refractivity contribution in [3.8, 4) is 0 Å². The molecule has 0 bridgehead atoms. The van der Waals surface area contributed by atoms with Gasteiger partial charge >= 0.3 is 0 Å². The van der Waals surface area contributed by atoms with Crippen LogP contribution in [0.3, 0.4) is 0 Å². The quantitative estimate of drug-likeness (QED) is 0.676. The minimum Gasteiger partial charge on any atom is -0.356 e. The van der Waals surface area contributed by atoms with Gasteiger partial charge in [-0.25, -0.2) is 13.4 Å². The van der Waals surface area contributed by atoms with E-state index in [1.165, 1.54) is 17.1 Å². The molecular formula is C24H36N4O3S. The summed E-state index contributed by atoms with van der Waals surface area (Å²) in [7, 11) is -3.60. The Hall–Kier alpha value is -1.93. The molecule has 2 aliphatic rings. The van der Waals surface area contributed by atoms with E-state index >= 15 is 0 Å². The van der Waals surface area contributed by atoms with Gasteiger partial charge in [-0.2, -0.15) is 4.31 Å². The number of sulfonamides is 1. The van der Waals surface area contributed by atoms with Crippen molar-refractivity contribution in [3.05, 3.63) is 24.0 Å². The van der Waals surface area contributed by atoms with E-state index < -0.39 is 10.0 Å². The fraction of sp³-hybridized carbons (Fsp3) is 0.667. The lowest BCUT2D eigenvalue weighted by atomic mass is 9.97. The minimum absolute atomic E-state index is 0.0528. The third kappa shape index (κ3) is 4.71. The van der Waals surface area contributed by atoms with Gasteiger partial charge in [0.15, 0.2) is 0 Å². The van der Waals surface area contributed by atoms with Crippen molar-refractivity contribution in [2.24, 2.45) is 11.8 Å². The van der Waals surface area contributed by atoms with Gasteiger partial charge in [-0.05, 0) is 63.1 Å². The number of fused-ring (bicyclic) bond motifs is 1. The predicted molar refractivity (Wildman–Crippen MR) is 126 cm³/mol. The zero-order valence-electron chi connectivity index (χ0n) is 19.5. The van der Waals surface area contributed by atoms with Crippen LogP contribution in [0.25, 0.3) is 11.0 Å². The van der Waals surface area contributed by atoms with Crippen molar-refractivity contribution in [2.45, 2.75) is 76.7 Å². The summed E-state index contributed by atoms with van der Waals surface area (Å²) in [5.74, 6) is 1.44. The summed E-state index contributed by atoms with van der Waals surface area (Å²) < 4.78 is 30.4. The van der Waals surface area contributed by atoms with Gasteiger partial charge in [0.25, 0.3) is 0 Å². The number of amides is 1. The summed E-state index contributed by atoms with van der Waals surface area (Å²) in [6.45, 7) is 7.70. The van der Waals surface area contributed by atoms with Crippen LogP contribution in [-0.2, 0) is 14.8 Å². The zero-order chi connectivity index (χ0) is 22.9. The molecule has 32 heavy (non-hydrogen) atoms. The van der Waals surface area contributed by atoms with Gasteiger partial charge in [-0.1, -0.05) is 26.7 Å². The molecule has 2 aromatic rings. The highest BCUT2D eigenvalue weighted by Crippen LogP contribution is 2.34. The zero-order valence-corrected chi connectivity index (χ0v) is 20.3. The number of carbonyl (C=O) groups excluding carboxylic acids is 1. The number of piperidine rings is 1. The third-order valence-electron chi connectivity index (χ3n) is 7.01. The summed E-state index contributed by atoms with van der Waals surface area (Å²) >= 11 is 0. The van der Waals surface area contributed by atoms with E-state index in [0.717, 1.165) is 36.1 Å². The molecule has 4 rings (SSSR count). The summed E-state index contributed by atoms with van der Waals surface area (Å²) in [4.78, 5) is 17.4. The van der Waals surface area contributed by atoms with E-state index in [9.17, 15) is 13.2 Å². The molecule has 0 atom stereocenters. The molecule has 0 radical (unpaired) electrons. The number of benzene rings is 1. The van der Waals surface area contributed by atoms with E-state index in [-0.39, 0.29) is 11.8 Å². The number of aromatic nitrogens is 2. The van der Waals surface area contributed by atoms with Crippen LogP contribution in [0, 0.1) is 18.8 Å². The number of imidazole rings is 1. The van der Waals surface area contributed by atoms with Crippen molar-refractivity contribution in [1.29, 1.82) is 0 Å². The Balaban J connectivity index is 1.44. The van der Waals surface area contributed by atoms with Crippen LogP contribution in [0.15, 0.2) is 23.1 Å². The number of hydrogen-bond donors (Lipinski definition) is 1. The number of aryl methyl sites for hydroxylation is 1. The Morgan fingerprint density at radius 3 is 2.50 bits per heavy atom. The molecule has 1 N–H and O–H groups in total. The van der Waals surface area contributed by atoms with Crippen LogP contribution in [0.1, 0.15) is 70.7 Å². The van der Waals surface area contributed by atoms with Gasteiger partial charge in [0.2, 0.25) is 15.9 Å². The van der Waals surface area contributed by atoms with Crippen LogP contribution in [0.2, 0.25) is 0 Å². The summed E-state index contributed by atoms with van der Waals surface area (Å²) in [5.41, 5.74) is 1.76. The van der Waals surface area contributed by atoms with Crippen LogP contribution in [0.5, 0.6) is 0 Å². The maximum absolute atomic E-state index is 13.3. The average Bonchev–Trinajstić information content (AvgIpc) is 3.39. The smallest absolute Gasteiger partial charge is 0.243 e. The second-order valence-corrected chi connectivity index (χ2v) is 11.7. The third-order valence-corrected chi connectivity index (χ3v) is 8.91. The Labute approximate surface area is 191 Å². The van der Waals surface area contributed by atoms with Gasteiger partial charge in [0.05, 0.1) is 15.9 Å². The second-order valence-electron chi connectivity index (χ2n) is 9.77. The van der Waals surface area contributed by atoms with E-state index in [4.69, 9.17) is 0 Å². The summed E-state index contributed by atoms with van der Waals surface area (Å²) in [5, 5.41) is 3.00. The number of carbonyl (C=O) groups is 1. The van der Waals surface area contributed by atoms with Gasteiger partial charge < -0.3 is 9.88 Å². The minimum atomic E-state index is -3.60. The van der Waals surface area contributed by atoms with E-state index in [1.807, 2.05) is 13.0 Å². The fourth-order valence-corrected chi connectivity index (χ4v) is 6.61. The van der Waals surface area contributed by atoms with E-state index in [0.29, 0.717) is 49.3 Å². The van der Waals surface area contributed by atoms with Crippen LogP contribution in [-0.4, -0.2) is 47.8 Å². The molecule has 1 aliphatic heterocycles. The molecule has 1 aliphatic carbocycles. The van der Waals surface area contributed by atoms with Crippen molar-refractivity contribution in [1.82, 2.24) is 19.2 Å². The summed E-state index contributed by atoms with van der Waals surface area (Å²) in [6.07, 6.45) is 6.87. The molecule has 1 saturated heterocycles. The normalized spacial score (nSPS) is 19.2. The molecule has 1 aromatic carbocycles. The maximum atomic E-state index is 13.3. The van der Waals surface area contributed by atoms with E-state index in [1.54, 1.807) is 12.1 Å². The standard InChI is InChI=1S/C24H36N4O3S/c1-17(2)10-13-25-24(29)19-11-14-27(15-12-19)32(30,31)21-8-9-23-22(16-21)26-18(3)28(23)20-6-4-5-7-20/h8-9,16-17,19-20H,4-7,10-15H2,1-3H3,(H,25,29). The molecule has 7 nitrogen and oxygen atoms in total. The lowest BCUT2D eigenvalue weighted by molar-refractivity contribution is -0.126. The van der Waals surface area contributed by atoms with Gasteiger partial charge in [-0.15, -0.1) is 0 Å². The Morgan fingerprint density at radius 2 is 1.84 bits per heavy atom. The lowest BCUT2D eigenvalue weighted by Gasteiger charge is -2.30. The van der Waals surface area contributed by atoms with Crippen molar-refractivity contribution < 1.29 is 13.2 Å². The van der Waals surface area contributed by atoms with Crippen LogP contribution >= 0.6 is 0 Å². The lowest BCUT2D eigenvalue weighted by Crippen LogP contribution is -2.43. The highest BCUT2D eigenvalue weighted by molar-refractivity contribution is 7.89. The SMILES string of the molecule is Cc1nc2cc(S(=O)(=O)N3CCC(C(=O)NCCC(C)C)CC3)ccc2n1C1CCCC1. The largest absolute Gasteiger partial charge is 0.356 e. The highest BCUT2D eigenvalue weighted by Gasteiger charge is 2.32. The first-order valence-corrected chi connectivity index (χ1v) is 13.5. The highest BCUT2D eigenvalue weighted by atomic mass is 32.2. The molecule has 1 amide bonds. The number of nitrogens with zero attached hydrogens (tertiary/aromatic N) is 3. The molecule has 8 heteroatoms. The molecule has 2 heterocycles. The Bertz CT molecular complexity index is 1060. The van der Waals surface area contributed by atoms with Gasteiger partial charge in [0.1, 0.15) is 5.82 Å². The molecule has 0 spiro atoms. The number of rotatable bonds is 7. The Kier molecular flexibility index (Phi) is 6.91. The van der Waals surface area contributed by atoms with Crippen molar-refractivity contribution in [3.63, 3.8) is 0 Å². The van der Waals surface area contributed by atoms with Crippen molar-refractivity contribution >= 4 is 27.0 Å². The van der Waals surface area contributed by atoms with E-state index in [2.05, 4.69) is 28.7 Å². The predicted octanol–water partition coefficient (Wildman–Crippen LogP) is 4.02. The molecule has 176 valence electrons. The Morgan fingerprint density at radius 1 is 1.16 bits per heavy atom.